The molecule has 1 aromatic rings. The second-order valence-corrected chi connectivity index (χ2v) is 4.43. The number of hydrogen-bond acceptors (Lipinski definition) is 2. The second kappa shape index (κ2) is 4.87. The molecule has 0 fully saturated rings. The normalized spacial score (nSPS) is 10.9. The summed E-state index contributed by atoms with van der Waals surface area (Å²) in [5.41, 5.74) is 2.48. The molecule has 0 aliphatic carbocycles. The van der Waals surface area contributed by atoms with Gasteiger partial charge in [0.1, 0.15) is 0 Å². The molecule has 0 amide bonds. The number of nitrogens with zero attached hydrogens (tertiary/aromatic N) is 1. The van der Waals surface area contributed by atoms with Crippen LogP contribution in [0.5, 0.6) is 0 Å². The van der Waals surface area contributed by atoms with Crippen LogP contribution in [0.15, 0.2) is 28.1 Å². The summed E-state index contributed by atoms with van der Waals surface area (Å²) < 4.78 is 0. The van der Waals surface area contributed by atoms with Gasteiger partial charge < -0.3 is 0 Å². The van der Waals surface area contributed by atoms with Gasteiger partial charge in [0.25, 0.3) is 0 Å². The van der Waals surface area contributed by atoms with Gasteiger partial charge in [-0.05, 0) is 30.2 Å². The average Bonchev–Trinajstić information content (AvgIpc) is 2.09. The van der Waals surface area contributed by atoms with E-state index in [2.05, 4.69) is 51.3 Å². The number of halogens is 1. The predicted molar refractivity (Wildman–Crippen MR) is 64.6 cm³/mol. The van der Waals surface area contributed by atoms with Gasteiger partial charge in [-0.15, -0.1) is 0 Å². The fourth-order valence-corrected chi connectivity index (χ4v) is 2.06. The highest BCUT2D eigenvalue weighted by molar-refractivity contribution is 14.2. The Morgan fingerprint density at radius 3 is 2.83 bits per heavy atom. The molecule has 1 aromatic carbocycles. The lowest BCUT2D eigenvalue weighted by Gasteiger charge is -2.00. The van der Waals surface area contributed by atoms with Crippen molar-refractivity contribution in [3.8, 4) is 0 Å². The van der Waals surface area contributed by atoms with Gasteiger partial charge in [0, 0.05) is 39.4 Å². The second-order valence-electron chi connectivity index (χ2n) is 2.48. The Morgan fingerprint density at radius 1 is 1.50 bits per heavy atom. The molecule has 0 aliphatic heterocycles. The van der Waals surface area contributed by atoms with E-state index in [1.54, 1.807) is 16.0 Å². The molecular formula is C9H10INS. The van der Waals surface area contributed by atoms with Gasteiger partial charge in [-0.3, -0.25) is 4.99 Å². The first-order valence-corrected chi connectivity index (χ1v) is 6.95. The third-order valence-corrected chi connectivity index (χ3v) is 3.57. The summed E-state index contributed by atoms with van der Waals surface area (Å²) >= 11 is 2.28. The monoisotopic (exact) mass is 291 g/mol. The van der Waals surface area contributed by atoms with E-state index in [0.717, 1.165) is 0 Å². The van der Waals surface area contributed by atoms with Gasteiger partial charge >= 0.3 is 0 Å². The van der Waals surface area contributed by atoms with E-state index in [0.29, 0.717) is 0 Å². The summed E-state index contributed by atoms with van der Waals surface area (Å²) in [6.07, 6.45) is 1.89. The van der Waals surface area contributed by atoms with Crippen molar-refractivity contribution in [1.82, 2.24) is 0 Å². The highest BCUT2D eigenvalue weighted by atomic mass is 127. The van der Waals surface area contributed by atoms with Crippen LogP contribution >= 0.6 is 30.1 Å². The Hall–Kier alpha value is -0.0300. The summed E-state index contributed by atoms with van der Waals surface area (Å²) in [5.74, 6) is 0. The molecule has 1 rings (SSSR count). The topological polar surface area (TPSA) is 12.4 Å². The summed E-state index contributed by atoms with van der Waals surface area (Å²) in [7, 11) is 3.52. The summed E-state index contributed by atoms with van der Waals surface area (Å²) in [6, 6.07) is 6.40. The molecular weight excluding hydrogens is 281 g/mol. The molecule has 0 heterocycles. The molecule has 0 radical (unpaired) electrons. The van der Waals surface area contributed by atoms with Crippen LogP contribution in [0.2, 0.25) is 0 Å². The lowest BCUT2D eigenvalue weighted by atomic mass is 10.1. The fraction of sp³-hybridized carbons (Fsp3) is 0.222. The van der Waals surface area contributed by atoms with E-state index in [-0.39, 0.29) is 0 Å². The van der Waals surface area contributed by atoms with Crippen molar-refractivity contribution in [2.24, 2.45) is 4.99 Å². The van der Waals surface area contributed by atoms with Crippen LogP contribution in [0.25, 0.3) is 0 Å². The SMILES string of the molecule is CN=Cc1cc(SI)ccc1C. The van der Waals surface area contributed by atoms with E-state index in [9.17, 15) is 0 Å². The highest BCUT2D eigenvalue weighted by Gasteiger charge is 1.96. The molecule has 64 valence electrons. The third kappa shape index (κ3) is 2.48. The lowest BCUT2D eigenvalue weighted by molar-refractivity contribution is 1.35. The van der Waals surface area contributed by atoms with Crippen LogP contribution in [0.1, 0.15) is 11.1 Å². The zero-order chi connectivity index (χ0) is 8.97. The Morgan fingerprint density at radius 2 is 2.25 bits per heavy atom. The largest absolute Gasteiger partial charge is 0.296 e. The maximum atomic E-state index is 4.01. The third-order valence-electron chi connectivity index (χ3n) is 1.61. The molecule has 0 N–H and O–H groups in total. The van der Waals surface area contributed by atoms with Crippen LogP contribution in [0, 0.1) is 6.92 Å². The van der Waals surface area contributed by atoms with Gasteiger partial charge in [-0.25, -0.2) is 0 Å². The van der Waals surface area contributed by atoms with Gasteiger partial charge in [-0.2, -0.15) is 0 Å². The molecule has 0 saturated heterocycles. The van der Waals surface area contributed by atoms with Crippen molar-refractivity contribution in [2.45, 2.75) is 11.8 Å². The quantitative estimate of drug-likeness (QED) is 0.600. The molecule has 1 nitrogen and oxygen atoms in total. The van der Waals surface area contributed by atoms with E-state index >= 15 is 0 Å². The van der Waals surface area contributed by atoms with Crippen molar-refractivity contribution in [2.75, 3.05) is 7.05 Å². The summed E-state index contributed by atoms with van der Waals surface area (Å²) in [5, 5.41) is 0. The maximum absolute atomic E-state index is 4.01. The molecule has 0 aliphatic rings. The van der Waals surface area contributed by atoms with Crippen LogP contribution in [0.4, 0.5) is 0 Å². The number of aliphatic imine (C=N–C) groups is 1. The lowest BCUT2D eigenvalue weighted by Crippen LogP contribution is -1.86. The van der Waals surface area contributed by atoms with E-state index in [1.807, 2.05) is 6.21 Å². The minimum absolute atomic E-state index is 1.21. The molecule has 0 spiro atoms. The van der Waals surface area contributed by atoms with Crippen LogP contribution in [-0.2, 0) is 0 Å². The van der Waals surface area contributed by atoms with Crippen molar-refractivity contribution in [1.29, 1.82) is 0 Å². The first-order chi connectivity index (χ1) is 5.77. The number of benzene rings is 1. The van der Waals surface area contributed by atoms with Crippen LogP contribution in [0.3, 0.4) is 0 Å². The Bertz CT molecular complexity index is 297. The Balaban J connectivity index is 3.08. The van der Waals surface area contributed by atoms with Gasteiger partial charge in [0.15, 0.2) is 0 Å². The standard InChI is InChI=1S/C9H10INS/c1-7-3-4-9(12-10)5-8(7)6-11-2/h3-6H,1-2H3. The Kier molecular flexibility index (Phi) is 4.08. The molecule has 12 heavy (non-hydrogen) atoms. The van der Waals surface area contributed by atoms with Crippen molar-refractivity contribution in [3.05, 3.63) is 29.3 Å². The summed E-state index contributed by atoms with van der Waals surface area (Å²) in [4.78, 5) is 5.28. The van der Waals surface area contributed by atoms with Gasteiger partial charge in [-0.1, -0.05) is 15.0 Å². The number of hydrogen-bond donors (Lipinski definition) is 0. The summed E-state index contributed by atoms with van der Waals surface area (Å²) in [6.45, 7) is 2.10. The van der Waals surface area contributed by atoms with E-state index in [1.165, 1.54) is 16.0 Å². The number of aryl methyl sites for hydroxylation is 1. The van der Waals surface area contributed by atoms with Crippen molar-refractivity contribution < 1.29 is 0 Å². The number of rotatable bonds is 2. The zero-order valence-electron chi connectivity index (χ0n) is 7.04. The van der Waals surface area contributed by atoms with Gasteiger partial charge in [0.05, 0.1) is 0 Å². The molecule has 0 unspecified atom stereocenters. The molecule has 3 heteroatoms. The maximum Gasteiger partial charge on any atom is 0.0284 e. The minimum atomic E-state index is 1.21. The highest BCUT2D eigenvalue weighted by Crippen LogP contribution is 2.26. The minimum Gasteiger partial charge on any atom is -0.296 e. The Labute approximate surface area is 89.3 Å². The average molecular weight is 291 g/mol. The van der Waals surface area contributed by atoms with Crippen molar-refractivity contribution >= 4 is 36.4 Å². The molecule has 0 atom stereocenters. The molecule has 0 saturated carbocycles. The molecule has 0 aromatic heterocycles. The fourth-order valence-electron chi connectivity index (χ4n) is 0.945. The van der Waals surface area contributed by atoms with Crippen molar-refractivity contribution in [3.63, 3.8) is 0 Å². The first-order valence-electron chi connectivity index (χ1n) is 3.59. The smallest absolute Gasteiger partial charge is 0.0284 e. The van der Waals surface area contributed by atoms with E-state index in [4.69, 9.17) is 0 Å². The van der Waals surface area contributed by atoms with E-state index < -0.39 is 0 Å². The zero-order valence-corrected chi connectivity index (χ0v) is 10.0. The van der Waals surface area contributed by atoms with Crippen LogP contribution in [-0.4, -0.2) is 13.3 Å². The van der Waals surface area contributed by atoms with Gasteiger partial charge in [0.2, 0.25) is 0 Å². The molecule has 0 bridgehead atoms. The predicted octanol–water partition coefficient (Wildman–Crippen LogP) is 3.49. The first kappa shape index (κ1) is 10.1. The van der Waals surface area contributed by atoms with Crippen LogP contribution < -0.4 is 0 Å².